The molecule has 2 saturated carbocycles. The molecule has 2 aliphatic rings. The minimum absolute atomic E-state index is 0.0127. The first-order chi connectivity index (χ1) is 13.6. The Morgan fingerprint density at radius 3 is 2.00 bits per heavy atom. The lowest BCUT2D eigenvalue weighted by atomic mass is 9.93. The fourth-order valence-electron chi connectivity index (χ4n) is 4.26. The molecule has 0 radical (unpaired) electrons. The quantitative estimate of drug-likeness (QED) is 0.721. The van der Waals surface area contributed by atoms with Gasteiger partial charge in [0, 0.05) is 17.6 Å². The van der Waals surface area contributed by atoms with E-state index in [4.69, 9.17) is 4.74 Å². The number of hydrogen-bond acceptors (Lipinski definition) is 2. The first-order valence-corrected chi connectivity index (χ1v) is 10.7. The molecule has 2 aliphatic carbocycles. The summed E-state index contributed by atoms with van der Waals surface area (Å²) in [4.78, 5) is 12.3. The van der Waals surface area contributed by atoms with Gasteiger partial charge >= 0.3 is 6.03 Å². The van der Waals surface area contributed by atoms with Crippen molar-refractivity contribution in [2.45, 2.75) is 95.4 Å². The molecule has 0 saturated heterocycles. The van der Waals surface area contributed by atoms with Crippen LogP contribution < -0.4 is 10.6 Å². The van der Waals surface area contributed by atoms with E-state index in [-0.39, 0.29) is 36.4 Å². The molecule has 0 aromatic heterocycles. The second kappa shape index (κ2) is 10.7. The summed E-state index contributed by atoms with van der Waals surface area (Å²) in [5.74, 6) is -1.14. The predicted octanol–water partition coefficient (Wildman–Crippen LogP) is 5.20. The Kier molecular flexibility index (Phi) is 8.07. The molecule has 1 aromatic carbocycles. The zero-order valence-corrected chi connectivity index (χ0v) is 16.5. The number of carbonyl (C=O) groups excluding carboxylic acids is 1. The van der Waals surface area contributed by atoms with E-state index in [9.17, 15) is 13.6 Å². The van der Waals surface area contributed by atoms with E-state index in [1.54, 1.807) is 0 Å². The van der Waals surface area contributed by atoms with Crippen LogP contribution in [-0.2, 0) is 11.3 Å². The summed E-state index contributed by atoms with van der Waals surface area (Å²) in [6, 6.07) is 4.21. The maximum Gasteiger partial charge on any atom is 0.315 e. The van der Waals surface area contributed by atoms with Crippen molar-refractivity contribution in [1.29, 1.82) is 0 Å². The van der Waals surface area contributed by atoms with Gasteiger partial charge in [-0.05, 0) is 50.7 Å². The van der Waals surface area contributed by atoms with Crippen molar-refractivity contribution >= 4 is 6.03 Å². The molecule has 2 N–H and O–H groups in total. The molecule has 0 atom stereocenters. The summed E-state index contributed by atoms with van der Waals surface area (Å²) in [7, 11) is 0. The lowest BCUT2D eigenvalue weighted by molar-refractivity contribution is 0.00950. The monoisotopic (exact) mass is 394 g/mol. The summed E-state index contributed by atoms with van der Waals surface area (Å²) >= 11 is 0. The number of halogens is 2. The SMILES string of the molecule is O=C(NC1CCCCCCC1)NC1CCC(OCc2c(F)cccc2F)CC1. The molecule has 156 valence electrons. The zero-order chi connectivity index (χ0) is 19.8. The Bertz CT molecular complexity index is 605. The van der Waals surface area contributed by atoms with E-state index >= 15 is 0 Å². The van der Waals surface area contributed by atoms with E-state index in [1.165, 1.54) is 50.3 Å². The summed E-state index contributed by atoms with van der Waals surface area (Å²) in [6.45, 7) is -0.0521. The Balaban J connectivity index is 1.36. The van der Waals surface area contributed by atoms with E-state index in [1.807, 2.05) is 0 Å². The van der Waals surface area contributed by atoms with Gasteiger partial charge in [-0.1, -0.05) is 38.2 Å². The first-order valence-electron chi connectivity index (χ1n) is 10.7. The minimum atomic E-state index is -0.568. The number of rotatable bonds is 5. The van der Waals surface area contributed by atoms with Crippen molar-refractivity contribution in [2.75, 3.05) is 0 Å². The lowest BCUT2D eigenvalue weighted by Crippen LogP contribution is -2.47. The fourth-order valence-corrected chi connectivity index (χ4v) is 4.26. The van der Waals surface area contributed by atoms with E-state index < -0.39 is 11.6 Å². The highest BCUT2D eigenvalue weighted by molar-refractivity contribution is 5.74. The average Bonchev–Trinajstić information content (AvgIpc) is 2.65. The van der Waals surface area contributed by atoms with Crippen LogP contribution in [0.1, 0.15) is 76.2 Å². The van der Waals surface area contributed by atoms with Gasteiger partial charge in [-0.15, -0.1) is 0 Å². The zero-order valence-electron chi connectivity index (χ0n) is 16.5. The van der Waals surface area contributed by atoms with E-state index in [0.29, 0.717) is 0 Å². The summed E-state index contributed by atoms with van der Waals surface area (Å²) < 4.78 is 33.1. The first kappa shape index (κ1) is 21.0. The normalized spacial score (nSPS) is 24.2. The third-order valence-electron chi connectivity index (χ3n) is 5.97. The molecule has 28 heavy (non-hydrogen) atoms. The fraction of sp³-hybridized carbons (Fsp3) is 0.682. The highest BCUT2D eigenvalue weighted by Crippen LogP contribution is 2.24. The molecule has 6 heteroatoms. The summed E-state index contributed by atoms with van der Waals surface area (Å²) in [5, 5.41) is 6.23. The third kappa shape index (κ3) is 6.43. The van der Waals surface area contributed by atoms with E-state index in [0.717, 1.165) is 38.5 Å². The number of ether oxygens (including phenoxy) is 1. The van der Waals surface area contributed by atoms with Gasteiger partial charge in [-0.25, -0.2) is 13.6 Å². The maximum absolute atomic E-state index is 13.7. The molecule has 0 bridgehead atoms. The maximum atomic E-state index is 13.7. The molecule has 2 amide bonds. The molecular formula is C22H32F2N2O2. The topological polar surface area (TPSA) is 50.4 Å². The number of nitrogens with one attached hydrogen (secondary N) is 2. The van der Waals surface area contributed by atoms with Crippen LogP contribution in [0.4, 0.5) is 13.6 Å². The van der Waals surface area contributed by atoms with Gasteiger partial charge in [0.1, 0.15) is 11.6 Å². The Hall–Kier alpha value is -1.69. The van der Waals surface area contributed by atoms with Crippen LogP contribution in [0, 0.1) is 11.6 Å². The average molecular weight is 395 g/mol. The number of carbonyl (C=O) groups is 1. The molecule has 4 nitrogen and oxygen atoms in total. The summed E-state index contributed by atoms with van der Waals surface area (Å²) in [5.41, 5.74) is -0.0127. The molecule has 0 spiro atoms. The number of benzene rings is 1. The van der Waals surface area contributed by atoms with Crippen LogP contribution in [0.2, 0.25) is 0 Å². The Morgan fingerprint density at radius 1 is 0.857 bits per heavy atom. The van der Waals surface area contributed by atoms with Gasteiger partial charge in [0.05, 0.1) is 12.7 Å². The molecule has 0 unspecified atom stereocenters. The Labute approximate surface area is 166 Å². The van der Waals surface area contributed by atoms with E-state index in [2.05, 4.69) is 10.6 Å². The van der Waals surface area contributed by atoms with Crippen LogP contribution in [-0.4, -0.2) is 24.2 Å². The molecule has 1 aromatic rings. The van der Waals surface area contributed by atoms with Gasteiger partial charge in [-0.2, -0.15) is 0 Å². The largest absolute Gasteiger partial charge is 0.373 e. The number of urea groups is 1. The lowest BCUT2D eigenvalue weighted by Gasteiger charge is -2.30. The van der Waals surface area contributed by atoms with Gasteiger partial charge in [0.25, 0.3) is 0 Å². The van der Waals surface area contributed by atoms with Gasteiger partial charge in [0.2, 0.25) is 0 Å². The summed E-state index contributed by atoms with van der Waals surface area (Å²) in [6.07, 6.45) is 11.5. The molecule has 2 fully saturated rings. The molecular weight excluding hydrogens is 362 g/mol. The van der Waals surface area contributed by atoms with Crippen molar-refractivity contribution in [3.8, 4) is 0 Å². The van der Waals surface area contributed by atoms with Crippen LogP contribution in [0.15, 0.2) is 18.2 Å². The smallest absolute Gasteiger partial charge is 0.315 e. The van der Waals surface area contributed by atoms with Crippen LogP contribution in [0.3, 0.4) is 0 Å². The molecule has 0 aliphatic heterocycles. The van der Waals surface area contributed by atoms with Crippen molar-refractivity contribution in [2.24, 2.45) is 0 Å². The van der Waals surface area contributed by atoms with Crippen LogP contribution in [0.5, 0.6) is 0 Å². The van der Waals surface area contributed by atoms with Crippen LogP contribution in [0.25, 0.3) is 0 Å². The Morgan fingerprint density at radius 2 is 1.39 bits per heavy atom. The second-order valence-electron chi connectivity index (χ2n) is 8.14. The highest BCUT2D eigenvalue weighted by atomic mass is 19.1. The number of hydrogen-bond donors (Lipinski definition) is 2. The minimum Gasteiger partial charge on any atom is -0.373 e. The second-order valence-corrected chi connectivity index (χ2v) is 8.14. The standard InChI is InChI=1S/C22H32F2N2O2/c23-20-9-6-10-21(24)19(20)15-28-18-13-11-17(12-14-18)26-22(27)25-16-7-4-2-1-3-5-8-16/h6,9-10,16-18H,1-5,7-8,11-15H2,(H2,25,26,27). The molecule has 3 rings (SSSR count). The van der Waals surface area contributed by atoms with Gasteiger partial charge in [0.15, 0.2) is 0 Å². The van der Waals surface area contributed by atoms with Gasteiger partial charge < -0.3 is 15.4 Å². The van der Waals surface area contributed by atoms with Crippen LogP contribution >= 0.6 is 0 Å². The predicted molar refractivity (Wildman–Crippen MR) is 105 cm³/mol. The van der Waals surface area contributed by atoms with Crippen molar-refractivity contribution in [3.63, 3.8) is 0 Å². The van der Waals surface area contributed by atoms with Crippen molar-refractivity contribution in [1.82, 2.24) is 10.6 Å². The van der Waals surface area contributed by atoms with Crippen molar-refractivity contribution in [3.05, 3.63) is 35.4 Å². The highest BCUT2D eigenvalue weighted by Gasteiger charge is 2.24. The number of amides is 2. The van der Waals surface area contributed by atoms with Crippen molar-refractivity contribution < 1.29 is 18.3 Å². The molecule has 0 heterocycles. The third-order valence-corrected chi connectivity index (χ3v) is 5.97. The van der Waals surface area contributed by atoms with Gasteiger partial charge in [-0.3, -0.25) is 0 Å².